The van der Waals surface area contributed by atoms with Crippen molar-refractivity contribution in [1.82, 2.24) is 9.97 Å². The van der Waals surface area contributed by atoms with E-state index in [2.05, 4.69) is 15.4 Å². The Bertz CT molecular complexity index is 444. The third-order valence-electron chi connectivity index (χ3n) is 3.28. The molecule has 0 bridgehead atoms. The number of rotatable bonds is 4. The number of aryl methyl sites for hydroxylation is 1. The lowest BCUT2D eigenvalue weighted by molar-refractivity contribution is -0.117. The number of hydrogen-bond acceptors (Lipinski definition) is 6. The highest BCUT2D eigenvalue weighted by Gasteiger charge is 2.39. The summed E-state index contributed by atoms with van der Waals surface area (Å²) in [5.74, 6) is 5.21. The van der Waals surface area contributed by atoms with Crippen LogP contribution in [0.15, 0.2) is 0 Å². The SMILES string of the molecule is CCOC1(c2nc(C)c(F)c(NN)n2)CCOCC1. The topological polar surface area (TPSA) is 82.3 Å². The molecule has 2 rings (SSSR count). The molecule has 19 heavy (non-hydrogen) atoms. The maximum absolute atomic E-state index is 13.7. The molecule has 6 nitrogen and oxygen atoms in total. The molecule has 1 aliphatic rings. The molecule has 1 aromatic heterocycles. The number of aromatic nitrogens is 2. The van der Waals surface area contributed by atoms with E-state index >= 15 is 0 Å². The van der Waals surface area contributed by atoms with Crippen LogP contribution in [-0.4, -0.2) is 29.8 Å². The monoisotopic (exact) mass is 270 g/mol. The Morgan fingerprint density at radius 3 is 2.68 bits per heavy atom. The lowest BCUT2D eigenvalue weighted by Gasteiger charge is -2.35. The van der Waals surface area contributed by atoms with Gasteiger partial charge in [0.15, 0.2) is 17.5 Å². The highest BCUT2D eigenvalue weighted by Crippen LogP contribution is 2.35. The van der Waals surface area contributed by atoms with E-state index < -0.39 is 11.4 Å². The van der Waals surface area contributed by atoms with Crippen LogP contribution >= 0.6 is 0 Å². The predicted molar refractivity (Wildman–Crippen MR) is 67.9 cm³/mol. The molecule has 0 aromatic carbocycles. The number of nitrogens with two attached hydrogens (primary N) is 1. The minimum absolute atomic E-state index is 0.00642. The van der Waals surface area contributed by atoms with Crippen LogP contribution in [0.1, 0.15) is 31.3 Å². The van der Waals surface area contributed by atoms with Crippen LogP contribution in [0.4, 0.5) is 10.2 Å². The summed E-state index contributed by atoms with van der Waals surface area (Å²) in [5, 5.41) is 0. The van der Waals surface area contributed by atoms with E-state index in [1.807, 2.05) is 6.92 Å². The van der Waals surface area contributed by atoms with Gasteiger partial charge in [0, 0.05) is 32.7 Å². The van der Waals surface area contributed by atoms with E-state index in [1.165, 1.54) is 0 Å². The number of anilines is 1. The maximum atomic E-state index is 13.7. The first kappa shape index (κ1) is 14.1. The summed E-state index contributed by atoms with van der Waals surface area (Å²) in [6.07, 6.45) is 1.30. The van der Waals surface area contributed by atoms with Gasteiger partial charge in [0.05, 0.1) is 5.69 Å². The van der Waals surface area contributed by atoms with Gasteiger partial charge in [-0.3, -0.25) is 0 Å². The lowest BCUT2D eigenvalue weighted by Crippen LogP contribution is -2.39. The van der Waals surface area contributed by atoms with Gasteiger partial charge in [-0.05, 0) is 13.8 Å². The molecule has 0 radical (unpaired) electrons. The number of nitrogens with zero attached hydrogens (tertiary/aromatic N) is 2. The minimum Gasteiger partial charge on any atom is -0.381 e. The Hall–Kier alpha value is -1.31. The second-order valence-corrected chi connectivity index (χ2v) is 4.48. The summed E-state index contributed by atoms with van der Waals surface area (Å²) in [7, 11) is 0. The number of halogens is 1. The van der Waals surface area contributed by atoms with Gasteiger partial charge in [-0.25, -0.2) is 20.2 Å². The van der Waals surface area contributed by atoms with Crippen LogP contribution in [0.3, 0.4) is 0 Å². The quantitative estimate of drug-likeness (QED) is 0.633. The van der Waals surface area contributed by atoms with Crippen LogP contribution < -0.4 is 11.3 Å². The Morgan fingerprint density at radius 2 is 2.11 bits per heavy atom. The van der Waals surface area contributed by atoms with Crippen molar-refractivity contribution in [3.05, 3.63) is 17.3 Å². The molecule has 0 spiro atoms. The summed E-state index contributed by atoms with van der Waals surface area (Å²) in [4.78, 5) is 8.40. The molecule has 0 unspecified atom stereocenters. The van der Waals surface area contributed by atoms with E-state index in [0.29, 0.717) is 38.5 Å². The zero-order chi connectivity index (χ0) is 13.9. The molecule has 2 heterocycles. The second kappa shape index (κ2) is 5.77. The number of hydrogen-bond donors (Lipinski definition) is 2. The number of nitrogens with one attached hydrogen (secondary N) is 1. The molecule has 7 heteroatoms. The van der Waals surface area contributed by atoms with E-state index in [-0.39, 0.29) is 11.5 Å². The fraction of sp³-hybridized carbons (Fsp3) is 0.667. The molecule has 1 aliphatic heterocycles. The maximum Gasteiger partial charge on any atom is 0.187 e. The smallest absolute Gasteiger partial charge is 0.187 e. The minimum atomic E-state index is -0.614. The highest BCUT2D eigenvalue weighted by atomic mass is 19.1. The molecule has 3 N–H and O–H groups in total. The number of ether oxygens (including phenoxy) is 2. The molecular weight excluding hydrogens is 251 g/mol. The molecular formula is C12H19FN4O2. The average Bonchev–Trinajstić information content (AvgIpc) is 2.43. The summed E-state index contributed by atoms with van der Waals surface area (Å²) in [6.45, 7) is 5.18. The third kappa shape index (κ3) is 2.68. The van der Waals surface area contributed by atoms with Crippen LogP contribution in [0.2, 0.25) is 0 Å². The van der Waals surface area contributed by atoms with Gasteiger partial charge < -0.3 is 14.9 Å². The lowest BCUT2D eigenvalue weighted by atomic mass is 9.92. The molecule has 0 amide bonds. The largest absolute Gasteiger partial charge is 0.381 e. The first-order chi connectivity index (χ1) is 9.13. The summed E-state index contributed by atoms with van der Waals surface area (Å²) < 4.78 is 24.9. The van der Waals surface area contributed by atoms with Crippen LogP contribution in [0.5, 0.6) is 0 Å². The van der Waals surface area contributed by atoms with E-state index in [9.17, 15) is 4.39 Å². The normalized spacial score (nSPS) is 18.3. The molecule has 1 aromatic rings. The van der Waals surface area contributed by atoms with Gasteiger partial charge in [0.25, 0.3) is 0 Å². The highest BCUT2D eigenvalue weighted by molar-refractivity contribution is 5.37. The first-order valence-electron chi connectivity index (χ1n) is 6.36. The first-order valence-corrected chi connectivity index (χ1v) is 6.36. The summed E-state index contributed by atoms with van der Waals surface area (Å²) in [5.41, 5.74) is 1.90. The standard InChI is InChI=1S/C12H19FN4O2/c1-3-19-12(4-6-18-7-5-12)11-15-8(2)9(13)10(16-11)17-14/h3-7,14H2,1-2H3,(H,15,16,17). The van der Waals surface area contributed by atoms with Crippen molar-refractivity contribution >= 4 is 5.82 Å². The van der Waals surface area contributed by atoms with Gasteiger partial charge in [0.2, 0.25) is 0 Å². The Morgan fingerprint density at radius 1 is 1.42 bits per heavy atom. The molecule has 106 valence electrons. The Balaban J connectivity index is 2.44. The molecule has 1 fully saturated rings. The van der Waals surface area contributed by atoms with Crippen LogP contribution in [0, 0.1) is 12.7 Å². The van der Waals surface area contributed by atoms with Crippen molar-refractivity contribution < 1.29 is 13.9 Å². The summed E-state index contributed by atoms with van der Waals surface area (Å²) >= 11 is 0. The Kier molecular flexibility index (Phi) is 4.28. The third-order valence-corrected chi connectivity index (χ3v) is 3.28. The molecule has 0 saturated carbocycles. The van der Waals surface area contributed by atoms with Crippen molar-refractivity contribution in [2.45, 2.75) is 32.3 Å². The van der Waals surface area contributed by atoms with Crippen molar-refractivity contribution in [3.8, 4) is 0 Å². The van der Waals surface area contributed by atoms with E-state index in [1.54, 1.807) is 6.92 Å². The van der Waals surface area contributed by atoms with Crippen molar-refractivity contribution in [2.75, 3.05) is 25.2 Å². The van der Waals surface area contributed by atoms with Gasteiger partial charge in [-0.15, -0.1) is 0 Å². The Labute approximate surface area is 111 Å². The second-order valence-electron chi connectivity index (χ2n) is 4.48. The number of hydrazine groups is 1. The zero-order valence-electron chi connectivity index (χ0n) is 11.2. The van der Waals surface area contributed by atoms with Crippen molar-refractivity contribution in [2.24, 2.45) is 5.84 Å². The number of nitrogen functional groups attached to an aromatic ring is 1. The van der Waals surface area contributed by atoms with E-state index in [0.717, 1.165) is 0 Å². The fourth-order valence-corrected chi connectivity index (χ4v) is 2.27. The van der Waals surface area contributed by atoms with Crippen molar-refractivity contribution in [1.29, 1.82) is 0 Å². The molecule has 1 saturated heterocycles. The fourth-order valence-electron chi connectivity index (χ4n) is 2.27. The van der Waals surface area contributed by atoms with Crippen molar-refractivity contribution in [3.63, 3.8) is 0 Å². The van der Waals surface area contributed by atoms with Gasteiger partial charge in [-0.2, -0.15) is 0 Å². The van der Waals surface area contributed by atoms with Gasteiger partial charge in [0.1, 0.15) is 5.60 Å². The predicted octanol–water partition coefficient (Wildman–Crippen LogP) is 1.25. The molecule has 0 atom stereocenters. The van der Waals surface area contributed by atoms with Crippen LogP contribution in [-0.2, 0) is 15.1 Å². The van der Waals surface area contributed by atoms with Crippen LogP contribution in [0.25, 0.3) is 0 Å². The summed E-state index contributed by atoms with van der Waals surface area (Å²) in [6, 6.07) is 0. The van der Waals surface area contributed by atoms with E-state index in [4.69, 9.17) is 15.3 Å². The van der Waals surface area contributed by atoms with Gasteiger partial charge >= 0.3 is 0 Å². The van der Waals surface area contributed by atoms with Gasteiger partial charge in [-0.1, -0.05) is 0 Å². The molecule has 0 aliphatic carbocycles. The zero-order valence-corrected chi connectivity index (χ0v) is 11.2. The average molecular weight is 270 g/mol.